The van der Waals surface area contributed by atoms with Gasteiger partial charge in [-0.1, -0.05) is 6.42 Å². The van der Waals surface area contributed by atoms with Crippen molar-refractivity contribution in [2.45, 2.75) is 44.7 Å². The summed E-state index contributed by atoms with van der Waals surface area (Å²) in [6.45, 7) is 0.960. The van der Waals surface area contributed by atoms with E-state index < -0.39 is 0 Å². The first-order chi connectivity index (χ1) is 9.78. The number of rotatable bonds is 6. The Kier molecular flexibility index (Phi) is 5.53. The average molecular weight is 280 g/mol. The van der Waals surface area contributed by atoms with E-state index in [0.717, 1.165) is 24.1 Å². The zero-order valence-corrected chi connectivity index (χ0v) is 12.8. The van der Waals surface area contributed by atoms with Gasteiger partial charge in [-0.3, -0.25) is 0 Å². The molecule has 4 heteroatoms. The van der Waals surface area contributed by atoms with Gasteiger partial charge in [0, 0.05) is 5.56 Å². The molecule has 2 rings (SSSR count). The highest BCUT2D eigenvalue weighted by atomic mass is 16.5. The summed E-state index contributed by atoms with van der Waals surface area (Å²) < 4.78 is 16.1. The van der Waals surface area contributed by atoms with E-state index >= 15 is 0 Å². The summed E-state index contributed by atoms with van der Waals surface area (Å²) in [6, 6.07) is 4.85. The first-order valence-corrected chi connectivity index (χ1v) is 7.40. The van der Waals surface area contributed by atoms with Gasteiger partial charge in [0.25, 0.3) is 0 Å². The minimum atomic E-state index is 0.663. The van der Waals surface area contributed by atoms with Gasteiger partial charge < -0.3 is 19.5 Å². The van der Waals surface area contributed by atoms with E-state index in [1.807, 2.05) is 12.1 Å². The number of hydrogen-bond donors (Lipinski definition) is 1. The normalized spacial score (nSPS) is 15.9. The molecule has 0 aromatic heterocycles. The number of hydrogen-bond acceptors (Lipinski definition) is 3. The second-order valence-electron chi connectivity index (χ2n) is 5.37. The van der Waals surface area contributed by atoms with Crippen molar-refractivity contribution in [2.75, 3.05) is 21.3 Å². The Labute approximate surface area is 121 Å². The lowest BCUT2D eigenvalue weighted by Crippen LogP contribution is -2.88. The Morgan fingerprint density at radius 3 is 2.05 bits per heavy atom. The number of methoxy groups -OCH3 is 3. The fraction of sp³-hybridized carbons (Fsp3) is 0.625. The van der Waals surface area contributed by atoms with Crippen molar-refractivity contribution in [1.29, 1.82) is 0 Å². The molecule has 0 aliphatic heterocycles. The van der Waals surface area contributed by atoms with Crippen LogP contribution in [0.2, 0.25) is 0 Å². The molecule has 0 spiro atoms. The molecular weight excluding hydrogens is 254 g/mol. The Bertz CT molecular complexity index is 403. The molecule has 0 amide bonds. The third-order valence-electron chi connectivity index (χ3n) is 4.06. The van der Waals surface area contributed by atoms with Crippen LogP contribution in [0.3, 0.4) is 0 Å². The Hall–Kier alpha value is -1.42. The van der Waals surface area contributed by atoms with Gasteiger partial charge >= 0.3 is 0 Å². The lowest BCUT2D eigenvalue weighted by atomic mass is 9.95. The lowest BCUT2D eigenvalue weighted by molar-refractivity contribution is -0.706. The van der Waals surface area contributed by atoms with Crippen LogP contribution < -0.4 is 19.5 Å². The van der Waals surface area contributed by atoms with Crippen LogP contribution in [0, 0.1) is 0 Å². The number of quaternary nitrogens is 1. The highest BCUT2D eigenvalue weighted by Crippen LogP contribution is 2.37. The van der Waals surface area contributed by atoms with Crippen LogP contribution in [-0.4, -0.2) is 27.4 Å². The van der Waals surface area contributed by atoms with Crippen molar-refractivity contribution in [3.8, 4) is 17.2 Å². The first-order valence-electron chi connectivity index (χ1n) is 7.40. The minimum Gasteiger partial charge on any atom is -0.493 e. The number of benzene rings is 1. The highest BCUT2D eigenvalue weighted by Gasteiger charge is 2.18. The van der Waals surface area contributed by atoms with Crippen LogP contribution in [0.4, 0.5) is 0 Å². The van der Waals surface area contributed by atoms with E-state index in [2.05, 4.69) is 5.32 Å². The van der Waals surface area contributed by atoms with Gasteiger partial charge in [-0.05, 0) is 37.8 Å². The SMILES string of the molecule is COc1cc(C[NH2+]C2CCCCC2)cc(OC)c1OC. The summed E-state index contributed by atoms with van der Waals surface area (Å²) in [5.74, 6) is 2.13. The van der Waals surface area contributed by atoms with Crippen molar-refractivity contribution in [2.24, 2.45) is 0 Å². The zero-order valence-electron chi connectivity index (χ0n) is 12.8. The van der Waals surface area contributed by atoms with Crippen molar-refractivity contribution in [1.82, 2.24) is 0 Å². The Balaban J connectivity index is 2.06. The molecule has 0 unspecified atom stereocenters. The highest BCUT2D eigenvalue weighted by molar-refractivity contribution is 5.53. The molecule has 1 aliphatic rings. The standard InChI is InChI=1S/C16H25NO3/c1-18-14-9-12(10-15(19-2)16(14)20-3)11-17-13-7-5-4-6-8-13/h9-10,13,17H,4-8,11H2,1-3H3/p+1. The van der Waals surface area contributed by atoms with Gasteiger partial charge in [-0.2, -0.15) is 0 Å². The van der Waals surface area contributed by atoms with Crippen molar-refractivity contribution >= 4 is 0 Å². The van der Waals surface area contributed by atoms with E-state index in [1.54, 1.807) is 21.3 Å². The van der Waals surface area contributed by atoms with Gasteiger partial charge in [-0.25, -0.2) is 0 Å². The predicted octanol–water partition coefficient (Wildman–Crippen LogP) is 2.11. The van der Waals surface area contributed by atoms with Gasteiger partial charge in [-0.15, -0.1) is 0 Å². The fourth-order valence-corrected chi connectivity index (χ4v) is 2.93. The summed E-state index contributed by atoms with van der Waals surface area (Å²) in [5, 5.41) is 2.44. The summed E-state index contributed by atoms with van der Waals surface area (Å²) in [6.07, 6.45) is 6.82. The average Bonchev–Trinajstić information content (AvgIpc) is 2.52. The maximum atomic E-state index is 5.39. The molecule has 0 heterocycles. The van der Waals surface area contributed by atoms with E-state index in [-0.39, 0.29) is 0 Å². The third kappa shape index (κ3) is 3.57. The Morgan fingerprint density at radius 1 is 0.950 bits per heavy atom. The van der Waals surface area contributed by atoms with Crippen LogP contribution >= 0.6 is 0 Å². The largest absolute Gasteiger partial charge is 0.493 e. The topological polar surface area (TPSA) is 44.3 Å². The molecule has 112 valence electrons. The predicted molar refractivity (Wildman–Crippen MR) is 78.6 cm³/mol. The molecule has 1 saturated carbocycles. The Morgan fingerprint density at radius 2 is 1.55 bits per heavy atom. The monoisotopic (exact) mass is 280 g/mol. The van der Waals surface area contributed by atoms with Gasteiger partial charge in [0.1, 0.15) is 6.54 Å². The van der Waals surface area contributed by atoms with E-state index in [9.17, 15) is 0 Å². The van der Waals surface area contributed by atoms with Crippen LogP contribution in [0.1, 0.15) is 37.7 Å². The summed E-state index contributed by atoms with van der Waals surface area (Å²) >= 11 is 0. The van der Waals surface area contributed by atoms with Crippen molar-refractivity contribution < 1.29 is 19.5 Å². The maximum absolute atomic E-state index is 5.39. The molecule has 2 N–H and O–H groups in total. The maximum Gasteiger partial charge on any atom is 0.203 e. The molecule has 1 aromatic rings. The van der Waals surface area contributed by atoms with Crippen molar-refractivity contribution in [3.05, 3.63) is 17.7 Å². The lowest BCUT2D eigenvalue weighted by Gasteiger charge is -2.20. The fourth-order valence-electron chi connectivity index (χ4n) is 2.93. The first kappa shape index (κ1) is 15.0. The molecule has 0 radical (unpaired) electrons. The van der Waals surface area contributed by atoms with Crippen LogP contribution in [0.15, 0.2) is 12.1 Å². The summed E-state index contributed by atoms with van der Waals surface area (Å²) in [5.41, 5.74) is 1.21. The van der Waals surface area contributed by atoms with Crippen LogP contribution in [0.25, 0.3) is 0 Å². The second kappa shape index (κ2) is 7.39. The quantitative estimate of drug-likeness (QED) is 0.868. The number of ether oxygens (including phenoxy) is 3. The van der Waals surface area contributed by atoms with Crippen LogP contribution in [-0.2, 0) is 6.54 Å². The van der Waals surface area contributed by atoms with Crippen molar-refractivity contribution in [3.63, 3.8) is 0 Å². The minimum absolute atomic E-state index is 0.663. The third-order valence-corrected chi connectivity index (χ3v) is 4.06. The van der Waals surface area contributed by atoms with E-state index in [0.29, 0.717) is 5.75 Å². The van der Waals surface area contributed by atoms with E-state index in [1.165, 1.54) is 37.7 Å². The smallest absolute Gasteiger partial charge is 0.203 e. The summed E-state index contributed by atoms with van der Waals surface area (Å²) in [7, 11) is 4.95. The molecule has 20 heavy (non-hydrogen) atoms. The van der Waals surface area contributed by atoms with Gasteiger partial charge in [0.15, 0.2) is 11.5 Å². The molecule has 1 aliphatic carbocycles. The second-order valence-corrected chi connectivity index (χ2v) is 5.37. The molecule has 0 saturated heterocycles. The molecule has 1 aromatic carbocycles. The number of nitrogens with two attached hydrogens (primary N) is 1. The molecule has 1 fully saturated rings. The van der Waals surface area contributed by atoms with Crippen LogP contribution in [0.5, 0.6) is 17.2 Å². The zero-order chi connectivity index (χ0) is 14.4. The van der Waals surface area contributed by atoms with Gasteiger partial charge in [0.2, 0.25) is 5.75 Å². The molecule has 0 atom stereocenters. The molecule has 4 nitrogen and oxygen atoms in total. The van der Waals surface area contributed by atoms with Gasteiger partial charge in [0.05, 0.1) is 27.4 Å². The molecular formula is C16H26NO3+. The van der Waals surface area contributed by atoms with E-state index in [4.69, 9.17) is 14.2 Å². The molecule has 0 bridgehead atoms. The summed E-state index contributed by atoms with van der Waals surface area (Å²) in [4.78, 5) is 0.